The number of halogens is 1. The summed E-state index contributed by atoms with van der Waals surface area (Å²) < 4.78 is 12.1. The first-order chi connectivity index (χ1) is 14.0. The minimum absolute atomic E-state index is 0.180. The van der Waals surface area contributed by atoms with Gasteiger partial charge in [-0.15, -0.1) is 0 Å². The van der Waals surface area contributed by atoms with Crippen LogP contribution in [-0.4, -0.2) is 35.6 Å². The summed E-state index contributed by atoms with van der Waals surface area (Å²) in [6.45, 7) is 1.84. The van der Waals surface area contributed by atoms with Crippen molar-refractivity contribution in [2.24, 2.45) is 5.10 Å². The molecule has 8 heteroatoms. The summed E-state index contributed by atoms with van der Waals surface area (Å²) in [5.41, 5.74) is 1.14. The van der Waals surface area contributed by atoms with Gasteiger partial charge < -0.3 is 9.47 Å². The van der Waals surface area contributed by atoms with Crippen molar-refractivity contribution in [3.05, 3.63) is 68.7 Å². The molecule has 0 fully saturated rings. The van der Waals surface area contributed by atoms with Crippen LogP contribution in [0.4, 0.5) is 0 Å². The fraction of sp³-hybridized carbons (Fsp3) is 0.238. The molecule has 7 nitrogen and oxygen atoms in total. The maximum atomic E-state index is 13.0. The van der Waals surface area contributed by atoms with Gasteiger partial charge in [-0.1, -0.05) is 35.0 Å². The lowest BCUT2D eigenvalue weighted by Crippen LogP contribution is -2.22. The highest BCUT2D eigenvalue weighted by Gasteiger charge is 2.10. The number of hydrogen-bond acceptors (Lipinski definition) is 6. The van der Waals surface area contributed by atoms with E-state index in [0.717, 1.165) is 16.5 Å². The van der Waals surface area contributed by atoms with Crippen LogP contribution in [0.2, 0.25) is 0 Å². The molecule has 0 N–H and O–H groups in total. The van der Waals surface area contributed by atoms with E-state index in [1.807, 2.05) is 25.1 Å². The van der Waals surface area contributed by atoms with Gasteiger partial charge in [-0.3, -0.25) is 4.79 Å². The second-order valence-corrected chi connectivity index (χ2v) is 7.15. The third-order valence-electron chi connectivity index (χ3n) is 4.11. The van der Waals surface area contributed by atoms with E-state index in [2.05, 4.69) is 30.8 Å². The van der Waals surface area contributed by atoms with Crippen molar-refractivity contribution >= 4 is 39.0 Å². The van der Waals surface area contributed by atoms with Gasteiger partial charge in [-0.05, 0) is 42.3 Å². The van der Waals surface area contributed by atoms with Gasteiger partial charge in [-0.2, -0.15) is 9.78 Å². The molecule has 3 rings (SSSR count). The Bertz CT molecular complexity index is 1120. The maximum absolute atomic E-state index is 13.0. The summed E-state index contributed by atoms with van der Waals surface area (Å²) in [5.74, 6) is 0.635. The smallest absolute Gasteiger partial charge is 0.343 e. The number of nitrogens with zero attached hydrogens (tertiary/aromatic N) is 3. The fourth-order valence-electron chi connectivity index (χ4n) is 2.71. The lowest BCUT2D eigenvalue weighted by Gasteiger charge is -2.09. The van der Waals surface area contributed by atoms with E-state index >= 15 is 0 Å². The van der Waals surface area contributed by atoms with Crippen LogP contribution in [0, 0.1) is 0 Å². The monoisotopic (exact) mass is 457 g/mol. The Labute approximate surface area is 176 Å². The molecule has 1 aromatic heterocycles. The van der Waals surface area contributed by atoms with Gasteiger partial charge in [-0.25, -0.2) is 9.78 Å². The maximum Gasteiger partial charge on any atom is 0.343 e. The first-order valence-electron chi connectivity index (χ1n) is 9.07. The van der Waals surface area contributed by atoms with Gasteiger partial charge in [0.2, 0.25) is 0 Å². The highest BCUT2D eigenvalue weighted by Crippen LogP contribution is 2.17. The molecule has 0 saturated heterocycles. The van der Waals surface area contributed by atoms with Crippen LogP contribution in [0.3, 0.4) is 0 Å². The van der Waals surface area contributed by atoms with Crippen molar-refractivity contribution < 1.29 is 14.3 Å². The lowest BCUT2D eigenvalue weighted by molar-refractivity contribution is -0.142. The van der Waals surface area contributed by atoms with E-state index in [4.69, 9.17) is 4.74 Å². The van der Waals surface area contributed by atoms with Gasteiger partial charge >= 0.3 is 5.97 Å². The largest absolute Gasteiger partial charge is 0.482 e. The first-order valence-corrected chi connectivity index (χ1v) is 9.86. The molecule has 29 heavy (non-hydrogen) atoms. The second kappa shape index (κ2) is 9.47. The molecule has 0 aliphatic rings. The molecule has 0 aliphatic heterocycles. The zero-order chi connectivity index (χ0) is 20.8. The van der Waals surface area contributed by atoms with E-state index in [0.29, 0.717) is 28.9 Å². The number of carbonyl (C=O) groups is 1. The Hall–Kier alpha value is -3.00. The molecule has 0 bridgehead atoms. The molecule has 0 unspecified atom stereocenters. The number of aryl methyl sites for hydroxylation is 1. The molecule has 0 amide bonds. The lowest BCUT2D eigenvalue weighted by atomic mass is 10.2. The average molecular weight is 458 g/mol. The van der Waals surface area contributed by atoms with E-state index < -0.39 is 5.97 Å². The van der Waals surface area contributed by atoms with Gasteiger partial charge in [0, 0.05) is 10.9 Å². The fourth-order valence-corrected chi connectivity index (χ4v) is 3.07. The van der Waals surface area contributed by atoms with Crippen molar-refractivity contribution in [3.63, 3.8) is 0 Å². The third-order valence-corrected chi connectivity index (χ3v) is 4.61. The highest BCUT2D eigenvalue weighted by molar-refractivity contribution is 9.10. The first kappa shape index (κ1) is 20.7. The minimum atomic E-state index is -0.465. The highest BCUT2D eigenvalue weighted by atomic mass is 79.9. The number of ether oxygens (including phenoxy) is 2. The van der Waals surface area contributed by atoms with Crippen molar-refractivity contribution in [3.8, 4) is 5.75 Å². The standard InChI is InChI=1S/C21H20BrN3O4/c1-3-5-19-24-18-9-8-15(22)11-17(18)21(27)25(19)23-12-14-6-4-7-16(10-14)29-13-20(26)28-2/h4,6-12H,3,5,13H2,1-2H3. The Morgan fingerprint density at radius 2 is 2.10 bits per heavy atom. The number of fused-ring (bicyclic) bond motifs is 1. The average Bonchev–Trinajstić information content (AvgIpc) is 2.73. The number of methoxy groups -OCH3 is 1. The summed E-state index contributed by atoms with van der Waals surface area (Å²) in [6.07, 6.45) is 3.03. The zero-order valence-corrected chi connectivity index (χ0v) is 17.7. The summed E-state index contributed by atoms with van der Waals surface area (Å²) in [5, 5.41) is 4.87. The normalized spacial score (nSPS) is 11.1. The molecule has 0 radical (unpaired) electrons. The molecular formula is C21H20BrN3O4. The molecule has 150 valence electrons. The van der Waals surface area contributed by atoms with Crippen LogP contribution in [0.25, 0.3) is 10.9 Å². The Balaban J connectivity index is 1.95. The zero-order valence-electron chi connectivity index (χ0n) is 16.1. The third kappa shape index (κ3) is 5.08. The van der Waals surface area contributed by atoms with Crippen molar-refractivity contribution in [2.45, 2.75) is 19.8 Å². The van der Waals surface area contributed by atoms with Crippen molar-refractivity contribution in [1.29, 1.82) is 0 Å². The van der Waals surface area contributed by atoms with Crippen LogP contribution in [0.15, 0.2) is 56.8 Å². The molecule has 2 aromatic carbocycles. The molecule has 3 aromatic rings. The number of hydrogen-bond donors (Lipinski definition) is 0. The predicted octanol–water partition coefficient (Wildman–Crippen LogP) is 3.55. The molecule has 0 spiro atoms. The van der Waals surface area contributed by atoms with Crippen molar-refractivity contribution in [1.82, 2.24) is 9.66 Å². The van der Waals surface area contributed by atoms with Crippen LogP contribution in [-0.2, 0) is 16.0 Å². The number of esters is 1. The van der Waals surface area contributed by atoms with Gasteiger partial charge in [0.15, 0.2) is 6.61 Å². The minimum Gasteiger partial charge on any atom is -0.482 e. The Kier molecular flexibility index (Phi) is 6.77. The summed E-state index contributed by atoms with van der Waals surface area (Å²) in [6, 6.07) is 12.5. The summed E-state index contributed by atoms with van der Waals surface area (Å²) >= 11 is 3.39. The molecule has 0 atom stereocenters. The molecule has 0 aliphatic carbocycles. The SMILES string of the molecule is CCCc1nc2ccc(Br)cc2c(=O)n1N=Cc1cccc(OCC(=O)OC)c1. The van der Waals surface area contributed by atoms with Crippen LogP contribution in [0.1, 0.15) is 24.7 Å². The molecule has 0 saturated carbocycles. The molecule has 1 heterocycles. The topological polar surface area (TPSA) is 82.8 Å². The van der Waals surface area contributed by atoms with Gasteiger partial charge in [0.25, 0.3) is 5.56 Å². The van der Waals surface area contributed by atoms with Crippen LogP contribution < -0.4 is 10.3 Å². The van der Waals surface area contributed by atoms with E-state index in [-0.39, 0.29) is 12.2 Å². The predicted molar refractivity (Wildman–Crippen MR) is 115 cm³/mol. The Morgan fingerprint density at radius 3 is 2.86 bits per heavy atom. The van der Waals surface area contributed by atoms with E-state index in [9.17, 15) is 9.59 Å². The van der Waals surface area contributed by atoms with Crippen molar-refractivity contribution in [2.75, 3.05) is 13.7 Å². The van der Waals surface area contributed by atoms with E-state index in [1.54, 1.807) is 30.5 Å². The second-order valence-electron chi connectivity index (χ2n) is 6.24. The van der Waals surface area contributed by atoms with Crippen LogP contribution in [0.5, 0.6) is 5.75 Å². The quantitative estimate of drug-likeness (QED) is 0.400. The number of carbonyl (C=O) groups excluding carboxylic acids is 1. The number of rotatable bonds is 7. The van der Waals surface area contributed by atoms with E-state index in [1.165, 1.54) is 11.8 Å². The molecular weight excluding hydrogens is 438 g/mol. The summed E-state index contributed by atoms with van der Waals surface area (Å²) in [4.78, 5) is 28.8. The number of aromatic nitrogens is 2. The number of benzene rings is 2. The van der Waals surface area contributed by atoms with Gasteiger partial charge in [0.05, 0.1) is 24.2 Å². The van der Waals surface area contributed by atoms with Crippen LogP contribution >= 0.6 is 15.9 Å². The van der Waals surface area contributed by atoms with Gasteiger partial charge in [0.1, 0.15) is 11.6 Å². The summed E-state index contributed by atoms with van der Waals surface area (Å²) in [7, 11) is 1.30. The Morgan fingerprint density at radius 1 is 1.28 bits per heavy atom.